The van der Waals surface area contributed by atoms with E-state index in [1.807, 2.05) is 97.2 Å². The monoisotopic (exact) mass is 420 g/mol. The SMILES string of the molecule is CC(=O)/C(C)=C/C=C/C=C\C=C\C=C\C=C\C=C\C=C\C=C\C=C\CC(O)CC(=O)O. The van der Waals surface area contributed by atoms with Crippen molar-refractivity contribution >= 4 is 11.8 Å². The lowest BCUT2D eigenvalue weighted by molar-refractivity contribution is -0.139. The van der Waals surface area contributed by atoms with Crippen molar-refractivity contribution < 1.29 is 19.8 Å². The van der Waals surface area contributed by atoms with Crippen molar-refractivity contribution in [2.75, 3.05) is 0 Å². The van der Waals surface area contributed by atoms with Crippen LogP contribution in [0.15, 0.2) is 121 Å². The average Bonchev–Trinajstić information content (AvgIpc) is 2.71. The Kier molecular flexibility index (Phi) is 17.6. The van der Waals surface area contributed by atoms with Crippen molar-refractivity contribution in [1.29, 1.82) is 0 Å². The van der Waals surface area contributed by atoms with Crippen LogP contribution in [0.5, 0.6) is 0 Å². The van der Waals surface area contributed by atoms with Crippen LogP contribution >= 0.6 is 0 Å². The number of allylic oxidation sites excluding steroid dienone is 19. The average molecular weight is 421 g/mol. The van der Waals surface area contributed by atoms with Crippen molar-refractivity contribution in [2.45, 2.75) is 32.8 Å². The molecule has 0 aromatic carbocycles. The third kappa shape index (κ3) is 21.0. The van der Waals surface area contributed by atoms with Crippen molar-refractivity contribution in [3.8, 4) is 0 Å². The Labute approximate surface area is 185 Å². The predicted molar refractivity (Wildman–Crippen MR) is 130 cm³/mol. The van der Waals surface area contributed by atoms with E-state index in [9.17, 15) is 14.7 Å². The van der Waals surface area contributed by atoms with Gasteiger partial charge in [0.05, 0.1) is 12.5 Å². The van der Waals surface area contributed by atoms with E-state index in [0.717, 1.165) is 5.57 Å². The van der Waals surface area contributed by atoms with Gasteiger partial charge in [0.1, 0.15) is 0 Å². The lowest BCUT2D eigenvalue weighted by Gasteiger charge is -2.01. The van der Waals surface area contributed by atoms with Gasteiger partial charge in [-0.3, -0.25) is 9.59 Å². The number of rotatable bonds is 14. The standard InChI is InChI=1S/C27H32O4/c1-24(25(2)28)21-19-17-15-13-11-9-7-5-3-4-6-8-10-12-14-16-18-20-22-26(29)23-27(30)31/h3-21,26,29H,22-23H2,1-2H3,(H,30,31)/b4-3+,7-5+,8-6+,11-9+,12-10+,15-13-,16-14+,19-17+,20-18+,24-21+. The van der Waals surface area contributed by atoms with Gasteiger partial charge in [-0.25, -0.2) is 0 Å². The maximum atomic E-state index is 11.0. The number of aliphatic carboxylic acids is 1. The molecule has 0 radical (unpaired) electrons. The lowest BCUT2D eigenvalue weighted by Crippen LogP contribution is -2.11. The van der Waals surface area contributed by atoms with Crippen LogP contribution in [0.3, 0.4) is 0 Å². The largest absolute Gasteiger partial charge is 0.481 e. The van der Waals surface area contributed by atoms with Crippen LogP contribution in [0.4, 0.5) is 0 Å². The summed E-state index contributed by atoms with van der Waals surface area (Å²) in [7, 11) is 0. The number of carbonyl (C=O) groups excluding carboxylic acids is 1. The summed E-state index contributed by atoms with van der Waals surface area (Å²) in [6.07, 6.45) is 34.8. The van der Waals surface area contributed by atoms with Crippen LogP contribution in [0.25, 0.3) is 0 Å². The van der Waals surface area contributed by atoms with Crippen LogP contribution in [0.2, 0.25) is 0 Å². The molecule has 0 spiro atoms. The molecule has 0 heterocycles. The highest BCUT2D eigenvalue weighted by atomic mass is 16.4. The Balaban J connectivity index is 4.02. The summed E-state index contributed by atoms with van der Waals surface area (Å²) in [5.41, 5.74) is 0.733. The van der Waals surface area contributed by atoms with Crippen LogP contribution < -0.4 is 0 Å². The first kappa shape index (κ1) is 27.5. The summed E-state index contributed by atoms with van der Waals surface area (Å²) in [6, 6.07) is 0. The summed E-state index contributed by atoms with van der Waals surface area (Å²) >= 11 is 0. The van der Waals surface area contributed by atoms with Crippen LogP contribution in [-0.2, 0) is 9.59 Å². The minimum atomic E-state index is -1.00. The molecule has 164 valence electrons. The van der Waals surface area contributed by atoms with E-state index in [1.165, 1.54) is 0 Å². The number of carbonyl (C=O) groups is 2. The number of carboxylic acid groups (broad SMARTS) is 1. The van der Waals surface area contributed by atoms with E-state index in [2.05, 4.69) is 0 Å². The molecule has 0 aromatic heterocycles. The Hall–Kier alpha value is -3.50. The summed E-state index contributed by atoms with van der Waals surface area (Å²) in [6.45, 7) is 3.34. The fourth-order valence-electron chi connectivity index (χ4n) is 1.88. The maximum absolute atomic E-state index is 11.0. The van der Waals surface area contributed by atoms with Crippen LogP contribution in [0.1, 0.15) is 26.7 Å². The molecule has 1 atom stereocenters. The first-order chi connectivity index (χ1) is 14.9. The van der Waals surface area contributed by atoms with Crippen molar-refractivity contribution in [2.24, 2.45) is 0 Å². The fraction of sp³-hybridized carbons (Fsp3) is 0.185. The lowest BCUT2D eigenvalue weighted by atomic mass is 10.2. The predicted octanol–water partition coefficient (Wildman–Crippen LogP) is 5.75. The minimum Gasteiger partial charge on any atom is -0.481 e. The fourth-order valence-corrected chi connectivity index (χ4v) is 1.88. The Morgan fingerprint density at radius 1 is 0.645 bits per heavy atom. The number of hydrogen-bond acceptors (Lipinski definition) is 3. The summed E-state index contributed by atoms with van der Waals surface area (Å²) in [5, 5.41) is 17.9. The van der Waals surface area contributed by atoms with Gasteiger partial charge in [-0.15, -0.1) is 0 Å². The molecular weight excluding hydrogens is 388 g/mol. The molecule has 0 aromatic rings. The van der Waals surface area contributed by atoms with Crippen LogP contribution in [-0.4, -0.2) is 28.1 Å². The smallest absolute Gasteiger partial charge is 0.305 e. The topological polar surface area (TPSA) is 74.6 Å². The van der Waals surface area contributed by atoms with Crippen molar-refractivity contribution in [3.63, 3.8) is 0 Å². The number of ketones is 1. The number of aliphatic hydroxyl groups excluding tert-OH is 1. The highest BCUT2D eigenvalue weighted by Gasteiger charge is 2.06. The molecule has 0 amide bonds. The molecule has 0 aliphatic heterocycles. The number of Topliss-reactive ketones (excluding diaryl/α,β-unsaturated/α-hetero) is 1. The molecule has 2 N–H and O–H groups in total. The molecule has 1 unspecified atom stereocenters. The van der Waals surface area contributed by atoms with Gasteiger partial charge in [-0.2, -0.15) is 0 Å². The summed E-state index contributed by atoms with van der Waals surface area (Å²) in [5.74, 6) is -0.924. The first-order valence-corrected chi connectivity index (χ1v) is 10.0. The van der Waals surface area contributed by atoms with Gasteiger partial charge in [0.2, 0.25) is 0 Å². The van der Waals surface area contributed by atoms with Crippen molar-refractivity contribution in [3.05, 3.63) is 121 Å². The molecule has 0 aliphatic rings. The Bertz CT molecular complexity index is 825. The third-order valence-corrected chi connectivity index (χ3v) is 3.63. The first-order valence-electron chi connectivity index (χ1n) is 10.0. The zero-order chi connectivity index (χ0) is 23.2. The molecule has 0 saturated carbocycles. The second-order valence-corrected chi connectivity index (χ2v) is 6.40. The van der Waals surface area contributed by atoms with E-state index < -0.39 is 12.1 Å². The quantitative estimate of drug-likeness (QED) is 0.277. The van der Waals surface area contributed by atoms with E-state index >= 15 is 0 Å². The zero-order valence-electron chi connectivity index (χ0n) is 18.2. The van der Waals surface area contributed by atoms with Gasteiger partial charge < -0.3 is 10.2 Å². The number of hydrogen-bond donors (Lipinski definition) is 2. The summed E-state index contributed by atoms with van der Waals surface area (Å²) < 4.78 is 0. The Morgan fingerprint density at radius 2 is 1.00 bits per heavy atom. The molecule has 31 heavy (non-hydrogen) atoms. The molecule has 4 nitrogen and oxygen atoms in total. The second-order valence-electron chi connectivity index (χ2n) is 6.40. The van der Waals surface area contributed by atoms with Gasteiger partial charge >= 0.3 is 5.97 Å². The molecule has 0 rings (SSSR count). The van der Waals surface area contributed by atoms with Gasteiger partial charge in [0.15, 0.2) is 5.78 Å². The Morgan fingerprint density at radius 3 is 1.35 bits per heavy atom. The molecule has 0 saturated heterocycles. The number of aliphatic hydroxyl groups is 1. The zero-order valence-corrected chi connectivity index (χ0v) is 18.2. The molecule has 4 heteroatoms. The second kappa shape index (κ2) is 19.8. The van der Waals surface area contributed by atoms with E-state index in [4.69, 9.17) is 5.11 Å². The maximum Gasteiger partial charge on any atom is 0.305 e. The van der Waals surface area contributed by atoms with Gasteiger partial charge in [-0.1, -0.05) is 115 Å². The highest BCUT2D eigenvalue weighted by molar-refractivity contribution is 5.92. The van der Waals surface area contributed by atoms with Gasteiger partial charge in [0.25, 0.3) is 0 Å². The van der Waals surface area contributed by atoms with Gasteiger partial charge in [-0.05, 0) is 25.8 Å². The van der Waals surface area contributed by atoms with Gasteiger partial charge in [0, 0.05) is 0 Å². The molecule has 0 fully saturated rings. The van der Waals surface area contributed by atoms with E-state index in [-0.39, 0.29) is 12.2 Å². The van der Waals surface area contributed by atoms with Crippen LogP contribution in [0, 0.1) is 0 Å². The highest BCUT2D eigenvalue weighted by Crippen LogP contribution is 1.99. The van der Waals surface area contributed by atoms with E-state index in [1.54, 1.807) is 32.1 Å². The number of carboxylic acids is 1. The molecule has 0 aliphatic carbocycles. The minimum absolute atomic E-state index is 0.0763. The summed E-state index contributed by atoms with van der Waals surface area (Å²) in [4.78, 5) is 21.4. The molecule has 0 bridgehead atoms. The third-order valence-electron chi connectivity index (χ3n) is 3.63. The van der Waals surface area contributed by atoms with E-state index in [0.29, 0.717) is 6.42 Å². The van der Waals surface area contributed by atoms with Crippen molar-refractivity contribution in [1.82, 2.24) is 0 Å². The molecular formula is C27H32O4. The normalized spacial score (nSPS) is 15.1.